The van der Waals surface area contributed by atoms with Crippen molar-refractivity contribution in [1.82, 2.24) is 4.90 Å². The number of pyridine rings is 1. The maximum atomic E-state index is 13.8. The number of fused-ring (bicyclic) bond motifs is 3. The largest absolute Gasteiger partial charge is 0.619 e. The Kier molecular flexibility index (Phi) is 12.4. The number of carboxylic acid groups (broad SMARTS) is 1. The number of carbonyl (C=O) groups excluding carboxylic acids is 1. The second-order valence-electron chi connectivity index (χ2n) is 14.3. The molecule has 3 fully saturated rings. The van der Waals surface area contributed by atoms with Crippen molar-refractivity contribution < 1.29 is 38.4 Å². The van der Waals surface area contributed by atoms with Crippen LogP contribution >= 0.6 is 23.2 Å². The lowest BCUT2D eigenvalue weighted by Gasteiger charge is -2.44. The Balaban J connectivity index is 1.15. The van der Waals surface area contributed by atoms with E-state index >= 15 is 0 Å². The molecule has 3 aliphatic heterocycles. The van der Waals surface area contributed by atoms with Crippen molar-refractivity contribution in [3.05, 3.63) is 152 Å². The maximum Gasteiger partial charge on any atom is 0.414 e. The van der Waals surface area contributed by atoms with Crippen molar-refractivity contribution in [2.24, 2.45) is 5.92 Å². The molecule has 3 saturated heterocycles. The molecule has 0 aliphatic carbocycles. The smallest absolute Gasteiger partial charge is 0.414 e. The van der Waals surface area contributed by atoms with Crippen LogP contribution in [0.5, 0.6) is 17.2 Å². The Bertz CT molecular complexity index is 2210. The molecule has 2 atom stereocenters. The van der Waals surface area contributed by atoms with Gasteiger partial charge in [-0.05, 0) is 103 Å². The van der Waals surface area contributed by atoms with Gasteiger partial charge in [-0.2, -0.15) is 4.73 Å². The van der Waals surface area contributed by atoms with Gasteiger partial charge < -0.3 is 29.3 Å². The lowest BCUT2D eigenvalue weighted by molar-refractivity contribution is -0.605. The summed E-state index contributed by atoms with van der Waals surface area (Å²) >= 11 is 13.1. The number of halogens is 2. The fourth-order valence-corrected chi connectivity index (χ4v) is 8.38. The fourth-order valence-electron chi connectivity index (χ4n) is 7.78. The highest BCUT2D eigenvalue weighted by molar-refractivity contribution is 6.35. The monoisotopic (exact) mass is 811 g/mol. The number of benzene rings is 4. The molecule has 4 heterocycles. The number of ether oxygens (including phenoxy) is 4. The number of aromatic nitrogens is 1. The average molecular weight is 813 g/mol. The SMILES string of the molecule is COc1ccc([C@H](Cc2c(Cl)c[n+]([O-])cc2Cl)c2cc(COc3cccc(CN(C(=O)O[C@H]4CN5CCC4CC5)c4ccccc4)c3)ccc2C(=O)O)cc1OC. The number of nitrogens with zero attached hydrogens (tertiary/aromatic N) is 3. The first kappa shape index (κ1) is 39.7. The van der Waals surface area contributed by atoms with Gasteiger partial charge in [-0.3, -0.25) is 9.80 Å². The third-order valence-corrected chi connectivity index (χ3v) is 11.4. The molecule has 0 radical (unpaired) electrons. The highest BCUT2D eigenvalue weighted by atomic mass is 35.5. The van der Waals surface area contributed by atoms with Crippen LogP contribution in [0.15, 0.2) is 103 Å². The van der Waals surface area contributed by atoms with Gasteiger partial charge in [0.15, 0.2) is 23.9 Å². The molecule has 1 amide bonds. The number of aromatic carboxylic acids is 1. The van der Waals surface area contributed by atoms with Gasteiger partial charge in [0.2, 0.25) is 0 Å². The number of piperidine rings is 3. The predicted octanol–water partition coefficient (Wildman–Crippen LogP) is 8.53. The molecule has 1 aromatic heterocycles. The van der Waals surface area contributed by atoms with Crippen molar-refractivity contribution in [2.45, 2.75) is 44.4 Å². The minimum Gasteiger partial charge on any atom is -0.619 e. The van der Waals surface area contributed by atoms with E-state index in [1.165, 1.54) is 26.6 Å². The Hall–Kier alpha value is -5.49. The van der Waals surface area contributed by atoms with Crippen LogP contribution in [-0.4, -0.2) is 62.0 Å². The number of rotatable bonds is 14. The van der Waals surface area contributed by atoms with E-state index in [4.69, 9.17) is 42.1 Å². The summed E-state index contributed by atoms with van der Waals surface area (Å²) < 4.78 is 24.0. The van der Waals surface area contributed by atoms with Crippen molar-refractivity contribution in [3.63, 3.8) is 0 Å². The summed E-state index contributed by atoms with van der Waals surface area (Å²) in [6, 6.07) is 27.5. The number of amides is 1. The number of carboxylic acids is 1. The van der Waals surface area contributed by atoms with Gasteiger partial charge in [-0.1, -0.05) is 71.7 Å². The first-order valence-electron chi connectivity index (χ1n) is 18.7. The minimum absolute atomic E-state index is 0.0775. The van der Waals surface area contributed by atoms with Gasteiger partial charge in [0.25, 0.3) is 0 Å². The van der Waals surface area contributed by atoms with Crippen LogP contribution in [0.4, 0.5) is 10.5 Å². The number of para-hydroxylation sites is 1. The van der Waals surface area contributed by atoms with Crippen LogP contribution in [-0.2, 0) is 24.3 Å². The third-order valence-electron chi connectivity index (χ3n) is 10.8. The van der Waals surface area contributed by atoms with Crippen LogP contribution < -0.4 is 23.8 Å². The summed E-state index contributed by atoms with van der Waals surface area (Å²) in [5.41, 5.74) is 4.04. The van der Waals surface area contributed by atoms with Crippen LogP contribution in [0, 0.1) is 11.1 Å². The maximum absolute atomic E-state index is 13.8. The quantitative estimate of drug-likeness (QED) is 0.0868. The zero-order chi connectivity index (χ0) is 40.1. The summed E-state index contributed by atoms with van der Waals surface area (Å²) in [4.78, 5) is 30.5. The van der Waals surface area contributed by atoms with E-state index in [-0.39, 0.29) is 47.4 Å². The van der Waals surface area contributed by atoms with Crippen LogP contribution in [0.25, 0.3) is 0 Å². The van der Waals surface area contributed by atoms with E-state index in [9.17, 15) is 19.9 Å². The van der Waals surface area contributed by atoms with E-state index in [0.29, 0.717) is 50.2 Å². The molecule has 57 heavy (non-hydrogen) atoms. The second kappa shape index (κ2) is 17.8. The molecule has 0 spiro atoms. The topological polar surface area (TPSA) is 125 Å². The van der Waals surface area contributed by atoms with Gasteiger partial charge in [0.05, 0.1) is 26.3 Å². The van der Waals surface area contributed by atoms with E-state index in [2.05, 4.69) is 4.90 Å². The van der Waals surface area contributed by atoms with E-state index < -0.39 is 11.9 Å². The van der Waals surface area contributed by atoms with E-state index in [1.54, 1.807) is 35.2 Å². The van der Waals surface area contributed by atoms with Crippen molar-refractivity contribution >= 4 is 41.0 Å². The normalized spacial score (nSPS) is 17.7. The molecular weight excluding hydrogens is 769 g/mol. The van der Waals surface area contributed by atoms with Crippen LogP contribution in [0.3, 0.4) is 0 Å². The van der Waals surface area contributed by atoms with Crippen molar-refractivity contribution in [2.75, 3.05) is 38.8 Å². The Labute approximate surface area is 341 Å². The molecular formula is C44H43Cl2N3O8. The molecule has 1 N–H and O–H groups in total. The lowest BCUT2D eigenvalue weighted by atomic mass is 9.82. The van der Waals surface area contributed by atoms with Gasteiger partial charge in [-0.15, -0.1) is 0 Å². The van der Waals surface area contributed by atoms with Gasteiger partial charge in [-0.25, -0.2) is 9.59 Å². The van der Waals surface area contributed by atoms with E-state index in [0.717, 1.165) is 43.7 Å². The number of hydrogen-bond donors (Lipinski definition) is 1. The summed E-state index contributed by atoms with van der Waals surface area (Å²) in [6.45, 7) is 3.25. The Morgan fingerprint density at radius 1 is 0.895 bits per heavy atom. The standard InChI is InChI=1S/C44H43Cl2N3O8/c1-54-40-14-12-31(21-41(40)55-2)35(22-37-38(45)24-48(53)25-39(37)46)36-20-29(11-13-34(36)43(50)51)27-56-33-10-6-7-28(19-33)23-49(32-8-4-3-5-9-32)44(52)57-42-26-47-17-15-30(42)16-18-47/h3-14,19-21,24-25,30,35,42H,15-18,22-23,26-27H2,1-2H3,(H,50,51)/t35-,42-/m0/s1. The highest BCUT2D eigenvalue weighted by Crippen LogP contribution is 2.39. The zero-order valence-corrected chi connectivity index (χ0v) is 33.1. The molecule has 5 aromatic rings. The molecule has 296 valence electrons. The lowest BCUT2D eigenvalue weighted by Crippen LogP contribution is -2.53. The van der Waals surface area contributed by atoms with Crippen LogP contribution in [0.1, 0.15) is 56.9 Å². The number of carbonyl (C=O) groups is 2. The summed E-state index contributed by atoms with van der Waals surface area (Å²) in [7, 11) is 3.05. The molecule has 2 bridgehead atoms. The molecule has 3 aliphatic rings. The summed E-state index contributed by atoms with van der Waals surface area (Å²) in [5, 5.41) is 22.8. The minimum atomic E-state index is -1.12. The number of methoxy groups -OCH3 is 2. The van der Waals surface area contributed by atoms with Gasteiger partial charge in [0.1, 0.15) is 28.5 Å². The molecule has 13 heteroatoms. The molecule has 8 rings (SSSR count). The van der Waals surface area contributed by atoms with Crippen molar-refractivity contribution in [1.29, 1.82) is 0 Å². The van der Waals surface area contributed by atoms with Crippen LogP contribution in [0.2, 0.25) is 10.0 Å². The molecule has 0 saturated carbocycles. The third kappa shape index (κ3) is 9.23. The first-order valence-corrected chi connectivity index (χ1v) is 19.5. The van der Waals surface area contributed by atoms with Crippen molar-refractivity contribution in [3.8, 4) is 17.2 Å². The Morgan fingerprint density at radius 2 is 1.63 bits per heavy atom. The number of hydrogen-bond acceptors (Lipinski definition) is 8. The van der Waals surface area contributed by atoms with Gasteiger partial charge in [0, 0.05) is 23.7 Å². The highest BCUT2D eigenvalue weighted by Gasteiger charge is 2.37. The molecule has 0 unspecified atom stereocenters. The second-order valence-corrected chi connectivity index (χ2v) is 15.1. The molecule has 4 aromatic carbocycles. The fraction of sp³-hybridized carbons (Fsp3) is 0.295. The molecule has 11 nitrogen and oxygen atoms in total. The summed E-state index contributed by atoms with van der Waals surface area (Å²) in [5.74, 6) is 0.198. The van der Waals surface area contributed by atoms with E-state index in [1.807, 2.05) is 60.7 Å². The first-order chi connectivity index (χ1) is 27.6. The number of anilines is 1. The van der Waals surface area contributed by atoms with Gasteiger partial charge >= 0.3 is 12.1 Å². The predicted molar refractivity (Wildman–Crippen MR) is 217 cm³/mol. The average Bonchev–Trinajstić information content (AvgIpc) is 3.22. The zero-order valence-electron chi connectivity index (χ0n) is 31.6. The summed E-state index contributed by atoms with van der Waals surface area (Å²) in [6.07, 6.45) is 4.16. The Morgan fingerprint density at radius 3 is 2.30 bits per heavy atom.